The Hall–Kier alpha value is -2.48. The third-order valence-corrected chi connectivity index (χ3v) is 6.23. The summed E-state index contributed by atoms with van der Waals surface area (Å²) < 4.78 is 5.72. The van der Waals surface area contributed by atoms with Gasteiger partial charge in [-0.3, -0.25) is 24.3 Å². The summed E-state index contributed by atoms with van der Waals surface area (Å²) in [5, 5.41) is 6.89. The number of nitrogens with zero attached hydrogens (tertiary/aromatic N) is 3. The molecular weight excluding hydrogens is 374 g/mol. The first kappa shape index (κ1) is 21.2. The largest absolute Gasteiger partial charge is 0.483 e. The lowest BCUT2D eigenvalue weighted by Gasteiger charge is -2.36. The van der Waals surface area contributed by atoms with Crippen LogP contribution in [0.15, 0.2) is 18.3 Å². The highest BCUT2D eigenvalue weighted by atomic mass is 16.6. The van der Waals surface area contributed by atoms with E-state index < -0.39 is 0 Å². The summed E-state index contributed by atoms with van der Waals surface area (Å²) in [6, 6.07) is 3.62. The predicted octanol–water partition coefficient (Wildman–Crippen LogP) is 1.72. The number of pyridine rings is 1. The van der Waals surface area contributed by atoms with Gasteiger partial charge in [-0.1, -0.05) is 0 Å². The Kier molecular flexibility index (Phi) is 6.84. The fourth-order valence-corrected chi connectivity index (χ4v) is 4.62. The molecule has 0 aromatic carbocycles. The van der Waals surface area contributed by atoms with Gasteiger partial charge >= 0.3 is 5.97 Å². The van der Waals surface area contributed by atoms with Gasteiger partial charge in [-0.25, -0.2) is 0 Å². The summed E-state index contributed by atoms with van der Waals surface area (Å²) in [6.45, 7) is 5.93. The Labute approximate surface area is 170 Å². The standard InChI is InChI=1S/C20H27N3O3.CH2O2/c1-15-17(5-4-8-21-15)18(24)23-11-6-20(7-12-23)13-16(26-19(20)25)14-22-9-2-3-10-22;2-1-3/h4-5,8,16H,2-3,6-7,9-14H2,1H3;1H,(H,2,3). The van der Waals surface area contributed by atoms with Gasteiger partial charge in [-0.05, 0) is 57.8 Å². The van der Waals surface area contributed by atoms with Gasteiger partial charge in [0, 0.05) is 37.9 Å². The van der Waals surface area contributed by atoms with Crippen LogP contribution in [0.5, 0.6) is 0 Å². The van der Waals surface area contributed by atoms with Crippen molar-refractivity contribution in [3.63, 3.8) is 0 Å². The molecular formula is C21H29N3O5. The molecule has 3 saturated heterocycles. The number of ether oxygens (including phenoxy) is 1. The molecule has 4 rings (SSSR count). The van der Waals surface area contributed by atoms with Gasteiger partial charge in [0.25, 0.3) is 12.4 Å². The molecule has 3 fully saturated rings. The molecule has 1 aromatic heterocycles. The van der Waals surface area contributed by atoms with E-state index in [9.17, 15) is 9.59 Å². The summed E-state index contributed by atoms with van der Waals surface area (Å²) in [7, 11) is 0. The first-order chi connectivity index (χ1) is 14.0. The fraction of sp³-hybridized carbons (Fsp3) is 0.619. The van der Waals surface area contributed by atoms with Gasteiger partial charge in [0.05, 0.1) is 11.0 Å². The van der Waals surface area contributed by atoms with Crippen molar-refractivity contribution in [2.24, 2.45) is 5.41 Å². The average Bonchev–Trinajstić information content (AvgIpc) is 3.31. The van der Waals surface area contributed by atoms with E-state index in [1.807, 2.05) is 17.9 Å². The van der Waals surface area contributed by atoms with E-state index in [0.717, 1.165) is 31.7 Å². The number of aromatic nitrogens is 1. The number of amides is 1. The van der Waals surface area contributed by atoms with Crippen molar-refractivity contribution >= 4 is 18.3 Å². The molecule has 1 amide bonds. The van der Waals surface area contributed by atoms with E-state index in [2.05, 4.69) is 9.88 Å². The van der Waals surface area contributed by atoms with Crippen LogP contribution in [0, 0.1) is 12.3 Å². The SMILES string of the molecule is Cc1ncccc1C(=O)N1CCC2(CC1)CC(CN1CCCC1)OC2=O.O=CO. The molecule has 8 nitrogen and oxygen atoms in total. The number of carboxylic acid groups (broad SMARTS) is 1. The minimum Gasteiger partial charge on any atom is -0.483 e. The second-order valence-corrected chi connectivity index (χ2v) is 8.05. The Morgan fingerprint density at radius 2 is 1.97 bits per heavy atom. The third kappa shape index (κ3) is 4.75. The molecule has 4 heterocycles. The Morgan fingerprint density at radius 3 is 2.59 bits per heavy atom. The zero-order chi connectivity index (χ0) is 20.9. The first-order valence-electron chi connectivity index (χ1n) is 10.2. The number of carbonyl (C=O) groups is 3. The number of piperidine rings is 1. The van der Waals surface area contributed by atoms with Crippen LogP contribution in [-0.2, 0) is 14.3 Å². The summed E-state index contributed by atoms with van der Waals surface area (Å²) in [5.41, 5.74) is 1.03. The molecule has 1 unspecified atom stereocenters. The molecule has 3 aliphatic rings. The number of hydrogen-bond acceptors (Lipinski definition) is 6. The minimum atomic E-state index is -0.384. The van der Waals surface area contributed by atoms with Crippen molar-refractivity contribution in [2.75, 3.05) is 32.7 Å². The predicted molar refractivity (Wildman–Crippen MR) is 105 cm³/mol. The van der Waals surface area contributed by atoms with Crippen LogP contribution in [0.2, 0.25) is 0 Å². The molecule has 0 saturated carbocycles. The maximum atomic E-state index is 12.8. The van der Waals surface area contributed by atoms with Gasteiger partial charge in [0.2, 0.25) is 0 Å². The van der Waals surface area contributed by atoms with E-state index in [0.29, 0.717) is 31.5 Å². The summed E-state index contributed by atoms with van der Waals surface area (Å²) in [6.07, 6.45) is 6.42. The molecule has 0 radical (unpaired) electrons. The zero-order valence-electron chi connectivity index (χ0n) is 16.9. The van der Waals surface area contributed by atoms with Crippen molar-refractivity contribution in [2.45, 2.75) is 45.1 Å². The van der Waals surface area contributed by atoms with Gasteiger partial charge in [-0.15, -0.1) is 0 Å². The van der Waals surface area contributed by atoms with Crippen LogP contribution in [0.4, 0.5) is 0 Å². The summed E-state index contributed by atoms with van der Waals surface area (Å²) >= 11 is 0. The van der Waals surface area contributed by atoms with Crippen LogP contribution in [-0.4, -0.2) is 77.1 Å². The van der Waals surface area contributed by atoms with E-state index in [1.165, 1.54) is 12.8 Å². The zero-order valence-corrected chi connectivity index (χ0v) is 16.9. The van der Waals surface area contributed by atoms with Crippen molar-refractivity contribution in [1.82, 2.24) is 14.8 Å². The second kappa shape index (κ2) is 9.35. The van der Waals surface area contributed by atoms with Crippen molar-refractivity contribution in [3.8, 4) is 0 Å². The highest BCUT2D eigenvalue weighted by Crippen LogP contribution is 2.43. The van der Waals surface area contributed by atoms with Crippen LogP contribution < -0.4 is 0 Å². The monoisotopic (exact) mass is 403 g/mol. The van der Waals surface area contributed by atoms with Gasteiger partial charge in [0.1, 0.15) is 6.10 Å². The van der Waals surface area contributed by atoms with Crippen molar-refractivity contribution in [3.05, 3.63) is 29.6 Å². The molecule has 0 bridgehead atoms. The molecule has 1 N–H and O–H groups in total. The number of aryl methyl sites for hydroxylation is 1. The van der Waals surface area contributed by atoms with Crippen molar-refractivity contribution in [1.29, 1.82) is 0 Å². The number of likely N-dealkylation sites (tertiary alicyclic amines) is 2. The maximum Gasteiger partial charge on any atom is 0.312 e. The van der Waals surface area contributed by atoms with Crippen LogP contribution in [0.1, 0.15) is 48.2 Å². The summed E-state index contributed by atoms with van der Waals surface area (Å²) in [5.74, 6) is -0.0308. The first-order valence-corrected chi connectivity index (χ1v) is 10.2. The third-order valence-electron chi connectivity index (χ3n) is 6.23. The molecule has 29 heavy (non-hydrogen) atoms. The smallest absolute Gasteiger partial charge is 0.312 e. The van der Waals surface area contributed by atoms with Crippen LogP contribution in [0.3, 0.4) is 0 Å². The molecule has 1 atom stereocenters. The van der Waals surface area contributed by atoms with Gasteiger partial charge in [-0.2, -0.15) is 0 Å². The lowest BCUT2D eigenvalue weighted by Crippen LogP contribution is -2.45. The van der Waals surface area contributed by atoms with Gasteiger partial charge < -0.3 is 14.7 Å². The average molecular weight is 403 g/mol. The quantitative estimate of drug-likeness (QED) is 0.606. The fourth-order valence-electron chi connectivity index (χ4n) is 4.62. The number of hydrogen-bond donors (Lipinski definition) is 1. The minimum absolute atomic E-state index is 0.0171. The Bertz CT molecular complexity index is 740. The molecule has 1 spiro atoms. The van der Waals surface area contributed by atoms with E-state index in [-0.39, 0.29) is 29.9 Å². The van der Waals surface area contributed by atoms with E-state index in [1.54, 1.807) is 12.3 Å². The molecule has 1 aromatic rings. The highest BCUT2D eigenvalue weighted by Gasteiger charge is 2.51. The van der Waals surface area contributed by atoms with E-state index in [4.69, 9.17) is 14.6 Å². The number of rotatable bonds is 3. The Balaban J connectivity index is 0.000000755. The molecule has 3 aliphatic heterocycles. The van der Waals surface area contributed by atoms with Crippen LogP contribution in [0.25, 0.3) is 0 Å². The normalized spacial score (nSPS) is 23.4. The molecule has 158 valence electrons. The Morgan fingerprint density at radius 1 is 1.31 bits per heavy atom. The molecule has 8 heteroatoms. The number of cyclic esters (lactones) is 1. The lowest BCUT2D eigenvalue weighted by atomic mass is 9.76. The maximum absolute atomic E-state index is 12.8. The topological polar surface area (TPSA) is 100 Å². The van der Waals surface area contributed by atoms with E-state index >= 15 is 0 Å². The van der Waals surface area contributed by atoms with Crippen molar-refractivity contribution < 1.29 is 24.2 Å². The van der Waals surface area contributed by atoms with Crippen LogP contribution >= 0.6 is 0 Å². The number of carbonyl (C=O) groups excluding carboxylic acids is 2. The lowest BCUT2D eigenvalue weighted by molar-refractivity contribution is -0.151. The molecule has 0 aliphatic carbocycles. The number of esters is 1. The highest BCUT2D eigenvalue weighted by molar-refractivity contribution is 5.95. The van der Waals surface area contributed by atoms with Gasteiger partial charge in [0.15, 0.2) is 0 Å². The summed E-state index contributed by atoms with van der Waals surface area (Å²) in [4.78, 5) is 42.2. The second-order valence-electron chi connectivity index (χ2n) is 8.05.